The molecular formula is C23H26O2Si. The first kappa shape index (κ1) is 19.7. The van der Waals surface area contributed by atoms with Gasteiger partial charge in [0.25, 0.3) is 0 Å². The van der Waals surface area contributed by atoms with Crippen LogP contribution in [0.5, 0.6) is 0 Å². The first-order valence-electron chi connectivity index (χ1n) is 8.89. The summed E-state index contributed by atoms with van der Waals surface area (Å²) in [5.41, 5.74) is 3.60. The Bertz CT molecular complexity index is 767. The van der Waals surface area contributed by atoms with Gasteiger partial charge in [-0.15, -0.1) is 5.54 Å². The van der Waals surface area contributed by atoms with Crippen LogP contribution in [-0.2, 0) is 9.53 Å². The minimum absolute atomic E-state index is 0.0273. The third-order valence-corrected chi connectivity index (χ3v) is 9.56. The first-order chi connectivity index (χ1) is 12.4. The van der Waals surface area contributed by atoms with Crippen LogP contribution in [-0.4, -0.2) is 20.7 Å². The molecule has 0 saturated carbocycles. The fourth-order valence-corrected chi connectivity index (χ4v) is 7.60. The average Bonchev–Trinajstić information content (AvgIpc) is 2.62. The van der Waals surface area contributed by atoms with Gasteiger partial charge in [-0.3, -0.25) is 0 Å². The second kappa shape index (κ2) is 8.69. The number of hydrogen-bond donors (Lipinski definition) is 0. The molecule has 0 heterocycles. The molecule has 0 aliphatic carbocycles. The van der Waals surface area contributed by atoms with Gasteiger partial charge < -0.3 is 4.74 Å². The van der Waals surface area contributed by atoms with Crippen molar-refractivity contribution in [3.05, 3.63) is 72.8 Å². The quantitative estimate of drug-likeness (QED) is 0.359. The fraction of sp³-hybridized carbons (Fsp3) is 0.261. The molecule has 0 radical (unpaired) electrons. The molecule has 26 heavy (non-hydrogen) atoms. The lowest BCUT2D eigenvalue weighted by atomic mass is 10.2. The van der Waals surface area contributed by atoms with E-state index in [2.05, 4.69) is 80.8 Å². The Labute approximate surface area is 157 Å². The van der Waals surface area contributed by atoms with Gasteiger partial charge in [-0.2, -0.15) is 0 Å². The van der Waals surface area contributed by atoms with Gasteiger partial charge in [0, 0.05) is 6.08 Å². The lowest BCUT2D eigenvalue weighted by Crippen LogP contribution is -2.63. The van der Waals surface area contributed by atoms with Crippen LogP contribution in [0.1, 0.15) is 27.7 Å². The molecule has 0 fully saturated rings. The predicted octanol–water partition coefficient (Wildman–Crippen LogP) is 3.71. The molecule has 2 nitrogen and oxygen atoms in total. The van der Waals surface area contributed by atoms with E-state index < -0.39 is 8.07 Å². The summed E-state index contributed by atoms with van der Waals surface area (Å²) in [6.07, 6.45) is 3.01. The standard InChI is InChI=1S/C23H26O2Si/c1-5-25-22(24)18-12-13-19-26(23(2,3)4,20-14-8-6-9-15-20)21-16-10-7-11-17-21/h6-12,14-18H,5H2,1-4H3/b18-12+. The SMILES string of the molecule is CCOC(=O)/C=C/C#C[Si](c1ccccc1)(c1ccccc1)C(C)(C)C. The van der Waals surface area contributed by atoms with Crippen molar-refractivity contribution >= 4 is 24.4 Å². The third kappa shape index (κ3) is 4.33. The number of allylic oxidation sites excluding steroid dienone is 1. The highest BCUT2D eigenvalue weighted by Gasteiger charge is 2.46. The summed E-state index contributed by atoms with van der Waals surface area (Å²) in [6, 6.07) is 21.0. The number of carbonyl (C=O) groups excluding carboxylic acids is 1. The number of hydrogen-bond acceptors (Lipinski definition) is 2. The number of rotatable bonds is 4. The zero-order chi connectivity index (χ0) is 19.0. The van der Waals surface area contributed by atoms with Crippen LogP contribution >= 0.6 is 0 Å². The van der Waals surface area contributed by atoms with Gasteiger partial charge in [0.2, 0.25) is 8.07 Å². The van der Waals surface area contributed by atoms with E-state index >= 15 is 0 Å². The Kier molecular flexibility index (Phi) is 6.60. The van der Waals surface area contributed by atoms with Crippen molar-refractivity contribution in [3.8, 4) is 11.5 Å². The normalized spacial score (nSPS) is 11.7. The van der Waals surface area contributed by atoms with Crippen molar-refractivity contribution in [1.82, 2.24) is 0 Å². The zero-order valence-corrected chi connectivity index (χ0v) is 17.0. The third-order valence-electron chi connectivity index (χ3n) is 4.39. The van der Waals surface area contributed by atoms with Gasteiger partial charge in [-0.1, -0.05) is 87.4 Å². The number of ether oxygens (including phenoxy) is 1. The van der Waals surface area contributed by atoms with E-state index in [0.29, 0.717) is 6.61 Å². The maximum Gasteiger partial charge on any atom is 0.331 e. The summed E-state index contributed by atoms with van der Waals surface area (Å²) >= 11 is 0. The molecule has 0 saturated heterocycles. The molecule has 0 spiro atoms. The van der Waals surface area contributed by atoms with Crippen LogP contribution in [0.15, 0.2) is 72.8 Å². The molecule has 0 unspecified atom stereocenters. The molecule has 0 N–H and O–H groups in total. The molecule has 0 aliphatic heterocycles. The van der Waals surface area contributed by atoms with Gasteiger partial charge in [0.05, 0.1) is 6.61 Å². The molecule has 2 aromatic rings. The molecule has 0 atom stereocenters. The summed E-state index contributed by atoms with van der Waals surface area (Å²) in [5, 5.41) is 2.52. The summed E-state index contributed by atoms with van der Waals surface area (Å²) in [7, 11) is -2.40. The van der Waals surface area contributed by atoms with Crippen molar-refractivity contribution in [2.24, 2.45) is 0 Å². The predicted molar refractivity (Wildman–Crippen MR) is 111 cm³/mol. The lowest BCUT2D eigenvalue weighted by Gasteiger charge is -2.39. The van der Waals surface area contributed by atoms with Crippen molar-refractivity contribution in [2.75, 3.05) is 6.61 Å². The molecule has 0 aromatic heterocycles. The minimum atomic E-state index is -2.40. The fourth-order valence-electron chi connectivity index (χ4n) is 3.19. The van der Waals surface area contributed by atoms with E-state index in [1.807, 2.05) is 12.1 Å². The van der Waals surface area contributed by atoms with E-state index in [9.17, 15) is 4.79 Å². The van der Waals surface area contributed by atoms with Crippen LogP contribution in [0.25, 0.3) is 0 Å². The van der Waals surface area contributed by atoms with Gasteiger partial charge in [-0.05, 0) is 28.4 Å². The van der Waals surface area contributed by atoms with Crippen LogP contribution in [0.3, 0.4) is 0 Å². The second-order valence-corrected chi connectivity index (χ2v) is 11.5. The number of carbonyl (C=O) groups is 1. The van der Waals surface area contributed by atoms with Gasteiger partial charge in [0.15, 0.2) is 0 Å². The van der Waals surface area contributed by atoms with Gasteiger partial charge in [0.1, 0.15) is 0 Å². The molecule has 0 aliphatic rings. The highest BCUT2D eigenvalue weighted by molar-refractivity contribution is 7.10. The highest BCUT2D eigenvalue weighted by Crippen LogP contribution is 2.35. The highest BCUT2D eigenvalue weighted by atomic mass is 28.3. The van der Waals surface area contributed by atoms with E-state index in [1.165, 1.54) is 16.4 Å². The Hall–Kier alpha value is -2.57. The maximum atomic E-state index is 11.5. The second-order valence-electron chi connectivity index (χ2n) is 7.09. The molecular weight excluding hydrogens is 336 g/mol. The summed E-state index contributed by atoms with van der Waals surface area (Å²) in [5.74, 6) is 2.79. The Morgan fingerprint density at radius 1 is 1.00 bits per heavy atom. The Morgan fingerprint density at radius 2 is 1.50 bits per heavy atom. The van der Waals surface area contributed by atoms with Crippen molar-refractivity contribution in [2.45, 2.75) is 32.7 Å². The lowest BCUT2D eigenvalue weighted by molar-refractivity contribution is -0.137. The smallest absolute Gasteiger partial charge is 0.331 e. The largest absolute Gasteiger partial charge is 0.463 e. The summed E-state index contributed by atoms with van der Waals surface area (Å²) in [4.78, 5) is 11.5. The van der Waals surface area contributed by atoms with Crippen molar-refractivity contribution < 1.29 is 9.53 Å². The number of esters is 1. The first-order valence-corrected chi connectivity index (χ1v) is 10.9. The van der Waals surface area contributed by atoms with Crippen molar-refractivity contribution in [1.29, 1.82) is 0 Å². The van der Waals surface area contributed by atoms with E-state index in [-0.39, 0.29) is 11.0 Å². The summed E-state index contributed by atoms with van der Waals surface area (Å²) < 4.78 is 4.93. The molecule has 2 aromatic carbocycles. The van der Waals surface area contributed by atoms with Crippen LogP contribution < -0.4 is 10.4 Å². The topological polar surface area (TPSA) is 26.3 Å². The van der Waals surface area contributed by atoms with Gasteiger partial charge in [-0.25, -0.2) is 4.79 Å². The summed E-state index contributed by atoms with van der Waals surface area (Å²) in [6.45, 7) is 8.92. The van der Waals surface area contributed by atoms with Crippen LogP contribution in [0.2, 0.25) is 5.04 Å². The molecule has 3 heteroatoms. The molecule has 2 rings (SSSR count). The van der Waals surface area contributed by atoms with Crippen molar-refractivity contribution in [3.63, 3.8) is 0 Å². The monoisotopic (exact) mass is 362 g/mol. The molecule has 134 valence electrons. The molecule has 0 bridgehead atoms. The number of benzene rings is 2. The molecule has 0 amide bonds. The van der Waals surface area contributed by atoms with Crippen LogP contribution in [0.4, 0.5) is 0 Å². The van der Waals surface area contributed by atoms with E-state index in [4.69, 9.17) is 4.74 Å². The maximum absolute atomic E-state index is 11.5. The zero-order valence-electron chi connectivity index (χ0n) is 16.0. The minimum Gasteiger partial charge on any atom is -0.463 e. The van der Waals surface area contributed by atoms with Crippen LogP contribution in [0, 0.1) is 11.5 Å². The average molecular weight is 363 g/mol. The Morgan fingerprint density at radius 3 is 1.92 bits per heavy atom. The van der Waals surface area contributed by atoms with E-state index in [1.54, 1.807) is 13.0 Å². The van der Waals surface area contributed by atoms with E-state index in [0.717, 1.165) is 0 Å². The Balaban J connectivity index is 2.61. The van der Waals surface area contributed by atoms with Gasteiger partial charge >= 0.3 is 5.97 Å².